The number of rotatable bonds is 9. The molecule has 0 aliphatic rings. The molecule has 23 heavy (non-hydrogen) atoms. The summed E-state index contributed by atoms with van der Waals surface area (Å²) in [5.41, 5.74) is 1.15. The van der Waals surface area contributed by atoms with Gasteiger partial charge < -0.3 is 4.74 Å². The van der Waals surface area contributed by atoms with Crippen LogP contribution in [0.1, 0.15) is 25.3 Å². The fourth-order valence-corrected chi connectivity index (χ4v) is 4.28. The molecule has 0 saturated carbocycles. The Kier molecular flexibility index (Phi) is 8.79. The van der Waals surface area contributed by atoms with Crippen LogP contribution in [0.5, 0.6) is 0 Å². The molecule has 0 saturated heterocycles. The summed E-state index contributed by atoms with van der Waals surface area (Å²) in [5.74, 6) is -0.653. The number of benzene rings is 1. The Balaban J connectivity index is 2.63. The number of hydrogen-bond acceptors (Lipinski definition) is 6. The Bertz CT molecular complexity index is 611. The van der Waals surface area contributed by atoms with Gasteiger partial charge in [0.2, 0.25) is 4.38 Å². The first-order valence-corrected chi connectivity index (χ1v) is 10.7. The number of thioether (sulfide) groups is 1. The molecule has 0 amide bonds. The molecule has 0 spiro atoms. The van der Waals surface area contributed by atoms with Gasteiger partial charge in [-0.1, -0.05) is 42.1 Å². The second-order valence-corrected chi connectivity index (χ2v) is 9.30. The van der Waals surface area contributed by atoms with Gasteiger partial charge in [0, 0.05) is 17.9 Å². The molecule has 1 rings (SSSR count). The van der Waals surface area contributed by atoms with Crippen LogP contribution in [0, 0.1) is 0 Å². The molecular weight excluding hydrogens is 352 g/mol. The van der Waals surface area contributed by atoms with Gasteiger partial charge in [0.15, 0.2) is 9.84 Å². The number of carbonyl (C=O) groups excluding carboxylic acids is 1. The van der Waals surface area contributed by atoms with Crippen molar-refractivity contribution in [3.05, 3.63) is 35.9 Å². The number of sulfone groups is 1. The fourth-order valence-electron chi connectivity index (χ4n) is 2.05. The number of carbonyl (C=O) groups is 1. The molecule has 0 aromatic heterocycles. The third kappa shape index (κ3) is 9.73. The largest absolute Gasteiger partial charge is 0.479 e. The third-order valence-electron chi connectivity index (χ3n) is 3.00. The smallest absolute Gasteiger partial charge is 0.220 e. The minimum absolute atomic E-state index is 0.0833. The number of ketones is 1. The zero-order chi connectivity index (χ0) is 17.3. The molecule has 0 N–H and O–H groups in total. The van der Waals surface area contributed by atoms with Crippen LogP contribution in [0.4, 0.5) is 0 Å². The average molecular weight is 375 g/mol. The first-order chi connectivity index (χ1) is 10.8. The SMILES string of the molecule is CCOC(=S)SC(CCC(=O)CS(C)(=O)=O)Cc1ccccc1. The van der Waals surface area contributed by atoms with E-state index in [1.807, 2.05) is 37.3 Å². The average Bonchev–Trinajstić information content (AvgIpc) is 2.44. The first-order valence-electron chi connectivity index (χ1n) is 7.37. The third-order valence-corrected chi connectivity index (χ3v) is 5.30. The van der Waals surface area contributed by atoms with Gasteiger partial charge in [-0.15, -0.1) is 0 Å². The maximum Gasteiger partial charge on any atom is 0.220 e. The zero-order valence-electron chi connectivity index (χ0n) is 13.4. The highest BCUT2D eigenvalue weighted by atomic mass is 32.2. The Morgan fingerprint density at radius 2 is 1.96 bits per heavy atom. The molecule has 1 unspecified atom stereocenters. The van der Waals surface area contributed by atoms with Crippen LogP contribution >= 0.6 is 24.0 Å². The topological polar surface area (TPSA) is 60.4 Å². The van der Waals surface area contributed by atoms with Crippen LogP contribution in [0.3, 0.4) is 0 Å². The van der Waals surface area contributed by atoms with Gasteiger partial charge in [-0.3, -0.25) is 4.79 Å². The van der Waals surface area contributed by atoms with E-state index in [1.54, 1.807) is 0 Å². The van der Waals surface area contributed by atoms with Crippen molar-refractivity contribution in [3.8, 4) is 0 Å². The van der Waals surface area contributed by atoms with Crippen LogP contribution < -0.4 is 0 Å². The minimum atomic E-state index is -3.27. The summed E-state index contributed by atoms with van der Waals surface area (Å²) in [7, 11) is -3.27. The monoisotopic (exact) mass is 374 g/mol. The molecule has 0 aliphatic carbocycles. The predicted octanol–water partition coefficient (Wildman–Crippen LogP) is 3.05. The molecule has 128 valence electrons. The lowest BCUT2D eigenvalue weighted by Crippen LogP contribution is -2.18. The molecule has 0 heterocycles. The van der Waals surface area contributed by atoms with Crippen molar-refractivity contribution in [1.29, 1.82) is 0 Å². The summed E-state index contributed by atoms with van der Waals surface area (Å²) in [5, 5.41) is 0.0833. The van der Waals surface area contributed by atoms with Crippen LogP contribution in [0.15, 0.2) is 30.3 Å². The highest BCUT2D eigenvalue weighted by Gasteiger charge is 2.18. The second-order valence-electron chi connectivity index (χ2n) is 5.26. The number of thiocarbonyl (C=S) groups is 1. The summed E-state index contributed by atoms with van der Waals surface area (Å²) in [6, 6.07) is 9.93. The van der Waals surface area contributed by atoms with Crippen LogP contribution in [0.25, 0.3) is 0 Å². The van der Waals surface area contributed by atoms with Crippen LogP contribution in [-0.4, -0.2) is 42.4 Å². The highest BCUT2D eigenvalue weighted by Crippen LogP contribution is 2.23. The summed E-state index contributed by atoms with van der Waals surface area (Å²) in [4.78, 5) is 11.8. The standard InChI is InChI=1S/C16H22O4S3/c1-3-20-16(21)22-15(11-13-7-5-4-6-8-13)10-9-14(17)12-23(2,18)19/h4-8,15H,3,9-12H2,1-2H3. The fraction of sp³-hybridized carbons (Fsp3) is 0.500. The first kappa shape index (κ1) is 20.1. The van der Waals surface area contributed by atoms with E-state index in [4.69, 9.17) is 17.0 Å². The van der Waals surface area contributed by atoms with Crippen molar-refractivity contribution in [2.45, 2.75) is 31.4 Å². The molecule has 0 bridgehead atoms. The van der Waals surface area contributed by atoms with Gasteiger partial charge >= 0.3 is 0 Å². The van der Waals surface area contributed by atoms with Crippen molar-refractivity contribution in [1.82, 2.24) is 0 Å². The summed E-state index contributed by atoms with van der Waals surface area (Å²) >= 11 is 6.60. The molecule has 7 heteroatoms. The van der Waals surface area contributed by atoms with E-state index in [1.165, 1.54) is 11.8 Å². The lowest BCUT2D eigenvalue weighted by molar-refractivity contribution is -0.116. The predicted molar refractivity (Wildman–Crippen MR) is 99.7 cm³/mol. The summed E-state index contributed by atoms with van der Waals surface area (Å²) in [6.07, 6.45) is 2.63. The van der Waals surface area contributed by atoms with Crippen molar-refractivity contribution < 1.29 is 17.9 Å². The van der Waals surface area contributed by atoms with Crippen molar-refractivity contribution in [3.63, 3.8) is 0 Å². The summed E-state index contributed by atoms with van der Waals surface area (Å²) in [6.45, 7) is 2.38. The number of ether oxygens (including phenoxy) is 1. The molecule has 0 radical (unpaired) electrons. The van der Waals surface area contributed by atoms with E-state index < -0.39 is 15.6 Å². The van der Waals surface area contributed by atoms with E-state index in [9.17, 15) is 13.2 Å². The highest BCUT2D eigenvalue weighted by molar-refractivity contribution is 8.23. The Labute approximate surface area is 147 Å². The molecule has 4 nitrogen and oxygen atoms in total. The van der Waals surface area contributed by atoms with Crippen LogP contribution in [-0.2, 0) is 25.8 Å². The maximum absolute atomic E-state index is 11.8. The molecule has 0 aliphatic heterocycles. The molecular formula is C16H22O4S3. The molecule has 1 atom stereocenters. The second kappa shape index (κ2) is 10.1. The molecule has 1 aromatic carbocycles. The van der Waals surface area contributed by atoms with E-state index in [0.717, 1.165) is 18.2 Å². The van der Waals surface area contributed by atoms with Gasteiger partial charge in [-0.25, -0.2) is 8.42 Å². The van der Waals surface area contributed by atoms with Gasteiger partial charge in [0.1, 0.15) is 11.5 Å². The number of hydrogen-bond donors (Lipinski definition) is 0. The Morgan fingerprint density at radius 3 is 2.52 bits per heavy atom. The van der Waals surface area contributed by atoms with E-state index in [0.29, 0.717) is 17.4 Å². The Hall–Kier alpha value is -0.920. The van der Waals surface area contributed by atoms with Crippen molar-refractivity contribution >= 4 is 44.0 Å². The lowest BCUT2D eigenvalue weighted by Gasteiger charge is -2.16. The van der Waals surface area contributed by atoms with Crippen molar-refractivity contribution in [2.24, 2.45) is 0 Å². The van der Waals surface area contributed by atoms with Gasteiger partial charge in [-0.05, 0) is 37.5 Å². The van der Waals surface area contributed by atoms with E-state index in [-0.39, 0.29) is 17.5 Å². The van der Waals surface area contributed by atoms with E-state index in [2.05, 4.69) is 0 Å². The lowest BCUT2D eigenvalue weighted by atomic mass is 10.1. The maximum atomic E-state index is 11.8. The van der Waals surface area contributed by atoms with Crippen molar-refractivity contribution in [2.75, 3.05) is 18.6 Å². The minimum Gasteiger partial charge on any atom is -0.479 e. The van der Waals surface area contributed by atoms with Gasteiger partial charge in [0.25, 0.3) is 0 Å². The quantitative estimate of drug-likeness (QED) is 0.619. The van der Waals surface area contributed by atoms with Gasteiger partial charge in [-0.2, -0.15) is 0 Å². The Morgan fingerprint density at radius 1 is 1.30 bits per heavy atom. The summed E-state index contributed by atoms with van der Waals surface area (Å²) < 4.78 is 28.1. The number of Topliss-reactive ketones (excluding diaryl/α,β-unsaturated/α-hetero) is 1. The normalized spacial score (nSPS) is 12.6. The van der Waals surface area contributed by atoms with Crippen LogP contribution in [0.2, 0.25) is 0 Å². The molecule has 0 fully saturated rings. The molecule has 1 aromatic rings. The zero-order valence-corrected chi connectivity index (χ0v) is 15.8. The van der Waals surface area contributed by atoms with Gasteiger partial charge in [0.05, 0.1) is 6.61 Å². The van der Waals surface area contributed by atoms with E-state index >= 15 is 0 Å².